The Labute approximate surface area is 132 Å². The van der Waals surface area contributed by atoms with Crippen molar-refractivity contribution < 1.29 is 18.7 Å². The monoisotopic (exact) mass is 316 g/mol. The van der Waals surface area contributed by atoms with Crippen molar-refractivity contribution >= 4 is 24.7 Å². The number of rotatable bonds is 0. The van der Waals surface area contributed by atoms with Gasteiger partial charge in [-0.05, 0) is 24.6 Å². The minimum atomic E-state index is -0.576. The zero-order chi connectivity index (χ0) is 16.0. The second-order valence-electron chi connectivity index (χ2n) is 5.43. The molecule has 0 saturated carbocycles. The van der Waals surface area contributed by atoms with Crippen LogP contribution >= 0.6 is 12.6 Å². The molecule has 0 saturated heterocycles. The first kappa shape index (κ1) is 14.5. The van der Waals surface area contributed by atoms with Crippen molar-refractivity contribution in [1.29, 1.82) is 0 Å². The summed E-state index contributed by atoms with van der Waals surface area (Å²) in [6.07, 6.45) is 4.29. The number of pyridine rings is 2. The van der Waals surface area contributed by atoms with E-state index >= 15 is 0 Å². The highest BCUT2D eigenvalue weighted by atomic mass is 32.1. The van der Waals surface area contributed by atoms with Crippen LogP contribution in [0.2, 0.25) is 0 Å². The average molecular weight is 316 g/mol. The Balaban J connectivity index is 2.22. The lowest BCUT2D eigenvalue weighted by Gasteiger charge is -2.19. The number of hydrogen-bond acceptors (Lipinski definition) is 3. The van der Waals surface area contributed by atoms with Crippen molar-refractivity contribution in [1.82, 2.24) is 0 Å². The van der Waals surface area contributed by atoms with Crippen molar-refractivity contribution in [2.24, 2.45) is 11.5 Å². The van der Waals surface area contributed by atoms with Gasteiger partial charge < -0.3 is 0 Å². The SMILES string of the molecule is Cc1cc2c([n+](C(N)=O)c1)Cc1c(cc(S)c[n+]1C(N)=O)C2. The van der Waals surface area contributed by atoms with Crippen LogP contribution in [0.25, 0.3) is 0 Å². The number of aryl methyl sites for hydroxylation is 1. The number of amides is 2. The summed E-state index contributed by atoms with van der Waals surface area (Å²) in [6, 6.07) is 2.82. The molecule has 0 radical (unpaired) electrons. The number of nitrogens with zero attached hydrogens (tertiary/aromatic N) is 2. The minimum absolute atomic E-state index is 0.408. The topological polar surface area (TPSA) is 93.9 Å². The second-order valence-corrected chi connectivity index (χ2v) is 5.95. The summed E-state index contributed by atoms with van der Waals surface area (Å²) in [5, 5.41) is 0. The highest BCUT2D eigenvalue weighted by Gasteiger charge is 2.30. The molecule has 22 heavy (non-hydrogen) atoms. The largest absolute Gasteiger partial charge is 0.493 e. The van der Waals surface area contributed by atoms with Crippen LogP contribution < -0.4 is 20.6 Å². The third-order valence-corrected chi connectivity index (χ3v) is 4.08. The normalized spacial score (nSPS) is 12.5. The summed E-state index contributed by atoms with van der Waals surface area (Å²) >= 11 is 4.32. The van der Waals surface area contributed by atoms with Crippen molar-refractivity contribution in [3.05, 3.63) is 52.6 Å². The van der Waals surface area contributed by atoms with E-state index in [-0.39, 0.29) is 0 Å². The van der Waals surface area contributed by atoms with Gasteiger partial charge in [-0.25, -0.2) is 0 Å². The predicted molar refractivity (Wildman–Crippen MR) is 80.8 cm³/mol. The molecule has 0 fully saturated rings. The van der Waals surface area contributed by atoms with Gasteiger partial charge in [0.15, 0.2) is 0 Å². The first-order valence-corrected chi connectivity index (χ1v) is 7.21. The Kier molecular flexibility index (Phi) is 3.37. The van der Waals surface area contributed by atoms with E-state index in [2.05, 4.69) is 12.6 Å². The molecule has 112 valence electrons. The number of aromatic nitrogens is 2. The lowest BCUT2D eigenvalue weighted by atomic mass is 9.91. The van der Waals surface area contributed by atoms with Gasteiger partial charge in [0, 0.05) is 22.4 Å². The predicted octanol–water partition coefficient (Wildman–Crippen LogP) is 0.207. The third kappa shape index (κ3) is 2.33. The summed E-state index contributed by atoms with van der Waals surface area (Å²) in [7, 11) is 0. The molecular formula is C15H16N4O2S+2. The van der Waals surface area contributed by atoms with Crippen LogP contribution in [0.1, 0.15) is 28.1 Å². The number of primary amides is 2. The van der Waals surface area contributed by atoms with Crippen molar-refractivity contribution in [2.75, 3.05) is 0 Å². The number of fused-ring (bicyclic) bond motifs is 2. The fourth-order valence-corrected chi connectivity index (χ4v) is 3.23. The second kappa shape index (κ2) is 5.10. The molecule has 0 atom stereocenters. The van der Waals surface area contributed by atoms with Crippen molar-refractivity contribution in [3.63, 3.8) is 0 Å². The third-order valence-electron chi connectivity index (χ3n) is 3.83. The van der Waals surface area contributed by atoms with Gasteiger partial charge in [-0.3, -0.25) is 11.5 Å². The average Bonchev–Trinajstić information content (AvgIpc) is 2.43. The summed E-state index contributed by atoms with van der Waals surface area (Å²) in [5.41, 5.74) is 15.4. The molecule has 2 amide bonds. The summed E-state index contributed by atoms with van der Waals surface area (Å²) in [4.78, 5) is 24.0. The first-order valence-electron chi connectivity index (χ1n) is 6.77. The Morgan fingerprint density at radius 3 is 2.14 bits per heavy atom. The highest BCUT2D eigenvalue weighted by Crippen LogP contribution is 2.25. The maximum atomic E-state index is 11.7. The number of carbonyl (C=O) groups is 2. The molecule has 0 aliphatic heterocycles. The van der Waals surface area contributed by atoms with Gasteiger partial charge in [-0.1, -0.05) is 0 Å². The van der Waals surface area contributed by atoms with Crippen LogP contribution in [0.4, 0.5) is 9.59 Å². The van der Waals surface area contributed by atoms with Crippen LogP contribution in [0.5, 0.6) is 0 Å². The molecule has 2 heterocycles. The molecule has 0 unspecified atom stereocenters. The summed E-state index contributed by atoms with van der Waals surface area (Å²) < 4.78 is 2.82. The smallest absolute Gasteiger partial charge is 0.250 e. The van der Waals surface area contributed by atoms with Crippen LogP contribution in [-0.4, -0.2) is 12.1 Å². The molecule has 7 heteroatoms. The summed E-state index contributed by atoms with van der Waals surface area (Å²) in [6.45, 7) is 1.91. The Bertz CT molecular complexity index is 765. The maximum absolute atomic E-state index is 11.7. The lowest BCUT2D eigenvalue weighted by Crippen LogP contribution is -2.55. The van der Waals surface area contributed by atoms with Gasteiger partial charge in [0.05, 0.1) is 6.42 Å². The fraction of sp³-hybridized carbons (Fsp3) is 0.200. The van der Waals surface area contributed by atoms with Gasteiger partial charge in [-0.2, -0.15) is 18.7 Å². The molecule has 0 bridgehead atoms. The Hall–Kier alpha value is -2.41. The van der Waals surface area contributed by atoms with E-state index in [1.54, 1.807) is 12.4 Å². The molecule has 1 aliphatic rings. The van der Waals surface area contributed by atoms with Crippen LogP contribution in [0.15, 0.2) is 29.4 Å². The van der Waals surface area contributed by atoms with E-state index in [1.807, 2.05) is 19.1 Å². The maximum Gasteiger partial charge on any atom is 0.493 e. The lowest BCUT2D eigenvalue weighted by molar-refractivity contribution is -0.594. The van der Waals surface area contributed by atoms with E-state index in [0.717, 1.165) is 28.1 Å². The molecule has 3 rings (SSSR count). The molecule has 1 aliphatic carbocycles. The van der Waals surface area contributed by atoms with E-state index in [0.29, 0.717) is 17.7 Å². The first-order chi connectivity index (χ1) is 10.4. The zero-order valence-electron chi connectivity index (χ0n) is 12.0. The van der Waals surface area contributed by atoms with Crippen molar-refractivity contribution in [2.45, 2.75) is 24.7 Å². The van der Waals surface area contributed by atoms with Crippen LogP contribution in [0.3, 0.4) is 0 Å². The van der Waals surface area contributed by atoms with E-state index in [9.17, 15) is 9.59 Å². The van der Waals surface area contributed by atoms with Crippen molar-refractivity contribution in [3.8, 4) is 0 Å². The van der Waals surface area contributed by atoms with E-state index in [4.69, 9.17) is 11.5 Å². The number of hydrogen-bond donors (Lipinski definition) is 3. The van der Waals surface area contributed by atoms with E-state index in [1.165, 1.54) is 9.13 Å². The number of thiol groups is 1. The quantitative estimate of drug-likeness (QED) is 0.408. The Morgan fingerprint density at radius 1 is 1.00 bits per heavy atom. The molecule has 2 aromatic heterocycles. The van der Waals surface area contributed by atoms with Crippen LogP contribution in [-0.2, 0) is 12.8 Å². The minimum Gasteiger partial charge on any atom is -0.250 e. The fourth-order valence-electron chi connectivity index (χ4n) is 2.96. The molecule has 0 spiro atoms. The molecule has 2 aromatic rings. The van der Waals surface area contributed by atoms with E-state index < -0.39 is 12.1 Å². The molecule has 6 nitrogen and oxygen atoms in total. The van der Waals surface area contributed by atoms with Gasteiger partial charge in [0.25, 0.3) is 0 Å². The summed E-state index contributed by atoms with van der Waals surface area (Å²) in [5.74, 6) is 0. The van der Waals surface area contributed by atoms with Gasteiger partial charge in [0.1, 0.15) is 23.8 Å². The van der Waals surface area contributed by atoms with Crippen LogP contribution in [0, 0.1) is 6.92 Å². The standard InChI is InChI=1S/C15H14N4O2S/c1-8-2-9-3-10-4-11(22)7-19(15(17)21)13(10)5-12(9)18(6-8)14(16)20/h2,4,6-7H,3,5H2,1H3,(H3-2,16,17,20,21,22)/p+2. The number of nitrogens with two attached hydrogens (primary N) is 2. The Morgan fingerprint density at radius 2 is 1.55 bits per heavy atom. The van der Waals surface area contributed by atoms with Gasteiger partial charge >= 0.3 is 12.1 Å². The molecule has 0 aromatic carbocycles. The number of carbonyl (C=O) groups excluding carboxylic acids is 2. The highest BCUT2D eigenvalue weighted by molar-refractivity contribution is 7.80. The molecular weight excluding hydrogens is 300 g/mol. The zero-order valence-corrected chi connectivity index (χ0v) is 12.9. The van der Waals surface area contributed by atoms with Gasteiger partial charge in [0.2, 0.25) is 0 Å². The molecule has 4 N–H and O–H groups in total. The van der Waals surface area contributed by atoms with Gasteiger partial charge in [-0.15, -0.1) is 12.6 Å².